The van der Waals surface area contributed by atoms with Gasteiger partial charge in [0, 0.05) is 48.2 Å². The topological polar surface area (TPSA) is 71.3 Å². The van der Waals surface area contributed by atoms with Crippen LogP contribution in [0.25, 0.3) is 11.4 Å². The number of hydrogen-bond donors (Lipinski definition) is 1. The van der Waals surface area contributed by atoms with Gasteiger partial charge in [-0.2, -0.15) is 16.3 Å². The van der Waals surface area contributed by atoms with Gasteiger partial charge in [0.15, 0.2) is 0 Å². The van der Waals surface area contributed by atoms with Crippen LogP contribution in [0.15, 0.2) is 45.6 Å². The number of hydrogen-bond acceptors (Lipinski definition) is 6. The van der Waals surface area contributed by atoms with Gasteiger partial charge in [0.1, 0.15) is 0 Å². The van der Waals surface area contributed by atoms with Crippen molar-refractivity contribution in [1.82, 2.24) is 10.1 Å². The Morgan fingerprint density at radius 2 is 2.04 bits per heavy atom. The maximum absolute atomic E-state index is 12.2. The summed E-state index contributed by atoms with van der Waals surface area (Å²) in [5.41, 5.74) is 2.97. The molecule has 1 aliphatic heterocycles. The minimum absolute atomic E-state index is 0.0603. The van der Waals surface area contributed by atoms with Gasteiger partial charge in [-0.25, -0.2) is 0 Å². The van der Waals surface area contributed by atoms with E-state index in [0.717, 1.165) is 30.3 Å². The molecule has 1 saturated heterocycles. The fourth-order valence-electron chi connectivity index (χ4n) is 3.33. The average molecular weight is 397 g/mol. The molecule has 0 unspecified atom stereocenters. The van der Waals surface area contributed by atoms with Gasteiger partial charge < -0.3 is 14.7 Å². The molecule has 1 fully saturated rings. The Morgan fingerprint density at radius 3 is 2.75 bits per heavy atom. The van der Waals surface area contributed by atoms with E-state index in [0.29, 0.717) is 24.6 Å². The third-order valence-electron chi connectivity index (χ3n) is 5.11. The minimum Gasteiger partial charge on any atom is -0.372 e. The summed E-state index contributed by atoms with van der Waals surface area (Å²) < 4.78 is 5.24. The van der Waals surface area contributed by atoms with E-state index >= 15 is 0 Å². The summed E-state index contributed by atoms with van der Waals surface area (Å²) in [6.45, 7) is 4.52. The molecule has 0 saturated carbocycles. The Bertz CT molecular complexity index is 897. The molecule has 1 aliphatic rings. The molecule has 0 bridgehead atoms. The van der Waals surface area contributed by atoms with Gasteiger partial charge >= 0.3 is 0 Å². The standard InChI is InChI=1S/C21H24N4O2S/c1-15-8-11-25(12-9-15)18-4-2-17(3-5-18)22-19(26)6-7-20-23-21(24-27-20)16-10-13-28-14-16/h2-5,10,13-15H,6-9,11-12H2,1H3,(H,22,26). The molecule has 0 radical (unpaired) electrons. The number of nitrogens with one attached hydrogen (secondary N) is 1. The van der Waals surface area contributed by atoms with Crippen molar-refractivity contribution < 1.29 is 9.32 Å². The smallest absolute Gasteiger partial charge is 0.227 e. The molecule has 0 aliphatic carbocycles. The maximum atomic E-state index is 12.2. The van der Waals surface area contributed by atoms with Crippen LogP contribution >= 0.6 is 11.3 Å². The van der Waals surface area contributed by atoms with Crippen LogP contribution in [0, 0.1) is 5.92 Å². The van der Waals surface area contributed by atoms with Gasteiger partial charge in [-0.3, -0.25) is 4.79 Å². The number of aromatic nitrogens is 2. The van der Waals surface area contributed by atoms with Crippen molar-refractivity contribution in [2.24, 2.45) is 5.92 Å². The predicted molar refractivity (Wildman–Crippen MR) is 112 cm³/mol. The monoisotopic (exact) mass is 396 g/mol. The van der Waals surface area contributed by atoms with Crippen molar-refractivity contribution in [1.29, 1.82) is 0 Å². The number of carbonyl (C=O) groups excluding carboxylic acids is 1. The first-order valence-electron chi connectivity index (χ1n) is 9.67. The highest BCUT2D eigenvalue weighted by atomic mass is 32.1. The molecule has 6 nitrogen and oxygen atoms in total. The van der Waals surface area contributed by atoms with Gasteiger partial charge in [0.25, 0.3) is 0 Å². The number of nitrogens with zero attached hydrogens (tertiary/aromatic N) is 3. The second-order valence-corrected chi connectivity index (χ2v) is 8.07. The lowest BCUT2D eigenvalue weighted by Crippen LogP contribution is -2.32. The zero-order valence-electron chi connectivity index (χ0n) is 15.9. The number of anilines is 2. The Labute approximate surface area is 168 Å². The van der Waals surface area contributed by atoms with Crippen LogP contribution in [0.5, 0.6) is 0 Å². The van der Waals surface area contributed by atoms with E-state index in [2.05, 4.69) is 39.4 Å². The van der Waals surface area contributed by atoms with E-state index in [-0.39, 0.29) is 5.91 Å². The lowest BCUT2D eigenvalue weighted by atomic mass is 9.99. The van der Waals surface area contributed by atoms with Crippen molar-refractivity contribution in [3.63, 3.8) is 0 Å². The largest absolute Gasteiger partial charge is 0.372 e. The number of rotatable bonds is 6. The second kappa shape index (κ2) is 8.56. The Balaban J connectivity index is 1.27. The molecule has 3 aromatic rings. The van der Waals surface area contributed by atoms with Gasteiger partial charge in [-0.15, -0.1) is 0 Å². The lowest BCUT2D eigenvalue weighted by Gasteiger charge is -2.32. The molecule has 3 heterocycles. The van der Waals surface area contributed by atoms with Crippen LogP contribution in [0.3, 0.4) is 0 Å². The third kappa shape index (κ3) is 4.59. The van der Waals surface area contributed by atoms with Gasteiger partial charge in [0.05, 0.1) is 0 Å². The highest BCUT2D eigenvalue weighted by Crippen LogP contribution is 2.24. The molecule has 1 aromatic carbocycles. The van der Waals surface area contributed by atoms with Crippen molar-refractivity contribution in [3.05, 3.63) is 47.0 Å². The second-order valence-electron chi connectivity index (χ2n) is 7.29. The first-order chi connectivity index (χ1) is 13.7. The lowest BCUT2D eigenvalue weighted by molar-refractivity contribution is -0.116. The number of amides is 1. The molecule has 4 rings (SSSR count). The fourth-order valence-corrected chi connectivity index (χ4v) is 3.97. The summed E-state index contributed by atoms with van der Waals surface area (Å²) in [5, 5.41) is 10.8. The predicted octanol–water partition coefficient (Wildman–Crippen LogP) is 4.61. The first-order valence-corrected chi connectivity index (χ1v) is 10.6. The molecule has 1 amide bonds. The van der Waals surface area contributed by atoms with Crippen molar-refractivity contribution in [2.45, 2.75) is 32.6 Å². The summed E-state index contributed by atoms with van der Waals surface area (Å²) in [6, 6.07) is 10.0. The van der Waals surface area contributed by atoms with Crippen molar-refractivity contribution in [2.75, 3.05) is 23.3 Å². The maximum Gasteiger partial charge on any atom is 0.227 e. The Kier molecular flexibility index (Phi) is 5.71. The van der Waals surface area contributed by atoms with E-state index in [1.807, 2.05) is 29.0 Å². The SMILES string of the molecule is CC1CCN(c2ccc(NC(=O)CCc3nc(-c4ccsc4)no3)cc2)CC1. The number of carbonyl (C=O) groups is 1. The fraction of sp³-hybridized carbons (Fsp3) is 0.381. The number of piperidine rings is 1. The Morgan fingerprint density at radius 1 is 1.25 bits per heavy atom. The van der Waals surface area contributed by atoms with Crippen molar-refractivity contribution in [3.8, 4) is 11.4 Å². The van der Waals surface area contributed by atoms with E-state index in [4.69, 9.17) is 4.52 Å². The number of benzene rings is 1. The molecule has 0 spiro atoms. The summed E-state index contributed by atoms with van der Waals surface area (Å²) in [5.74, 6) is 1.80. The summed E-state index contributed by atoms with van der Waals surface area (Å²) in [6.07, 6.45) is 3.20. The Hall–Kier alpha value is -2.67. The zero-order chi connectivity index (χ0) is 19.3. The number of aryl methyl sites for hydroxylation is 1. The quantitative estimate of drug-likeness (QED) is 0.659. The van der Waals surface area contributed by atoms with Crippen LogP contribution in [-0.4, -0.2) is 29.1 Å². The highest BCUT2D eigenvalue weighted by molar-refractivity contribution is 7.08. The van der Waals surface area contributed by atoms with E-state index in [9.17, 15) is 4.79 Å². The normalized spacial score (nSPS) is 15.0. The molecule has 146 valence electrons. The summed E-state index contributed by atoms with van der Waals surface area (Å²) in [7, 11) is 0. The third-order valence-corrected chi connectivity index (χ3v) is 5.80. The van der Waals surface area contributed by atoms with Gasteiger partial charge in [0.2, 0.25) is 17.6 Å². The number of thiophene rings is 1. The molecule has 7 heteroatoms. The van der Waals surface area contributed by atoms with Crippen LogP contribution in [-0.2, 0) is 11.2 Å². The van der Waals surface area contributed by atoms with Gasteiger partial charge in [-0.1, -0.05) is 12.1 Å². The minimum atomic E-state index is -0.0603. The summed E-state index contributed by atoms with van der Waals surface area (Å²) in [4.78, 5) is 19.0. The molecular formula is C21H24N4O2S. The average Bonchev–Trinajstić information content (AvgIpc) is 3.39. The summed E-state index contributed by atoms with van der Waals surface area (Å²) >= 11 is 1.58. The molecular weight excluding hydrogens is 372 g/mol. The van der Waals surface area contributed by atoms with E-state index < -0.39 is 0 Å². The highest BCUT2D eigenvalue weighted by Gasteiger charge is 2.16. The molecule has 0 atom stereocenters. The van der Waals surface area contributed by atoms with E-state index in [1.54, 1.807) is 11.3 Å². The first kappa shape index (κ1) is 18.7. The van der Waals surface area contributed by atoms with E-state index in [1.165, 1.54) is 18.5 Å². The van der Waals surface area contributed by atoms with Crippen LogP contribution in [0.1, 0.15) is 32.1 Å². The van der Waals surface area contributed by atoms with Gasteiger partial charge in [-0.05, 0) is 54.5 Å². The molecule has 2 aromatic heterocycles. The van der Waals surface area contributed by atoms with Crippen LogP contribution in [0.4, 0.5) is 11.4 Å². The van der Waals surface area contributed by atoms with Crippen molar-refractivity contribution >= 4 is 28.6 Å². The molecule has 28 heavy (non-hydrogen) atoms. The van der Waals surface area contributed by atoms with Crippen LogP contribution < -0.4 is 10.2 Å². The molecule has 1 N–H and O–H groups in total. The van der Waals surface area contributed by atoms with Crippen LogP contribution in [0.2, 0.25) is 0 Å². The zero-order valence-corrected chi connectivity index (χ0v) is 16.7.